The number of fused-ring (bicyclic) bond motifs is 1. The highest BCUT2D eigenvalue weighted by molar-refractivity contribution is 7.90. The van der Waals surface area contributed by atoms with E-state index in [1.54, 1.807) is 9.10 Å². The quantitative estimate of drug-likeness (QED) is 0.634. The molecular formula is C16H17ClFN7O2S. The van der Waals surface area contributed by atoms with E-state index in [9.17, 15) is 12.8 Å². The Morgan fingerprint density at radius 3 is 2.68 bits per heavy atom. The first-order chi connectivity index (χ1) is 13.3. The highest BCUT2D eigenvalue weighted by Gasteiger charge is 2.24. The van der Waals surface area contributed by atoms with Crippen LogP contribution in [0.3, 0.4) is 0 Å². The van der Waals surface area contributed by atoms with Crippen molar-refractivity contribution in [3.05, 3.63) is 30.3 Å². The molecule has 0 spiro atoms. The fourth-order valence-electron chi connectivity index (χ4n) is 3.14. The number of sulfone groups is 1. The van der Waals surface area contributed by atoms with Crippen LogP contribution >= 0.6 is 11.8 Å². The van der Waals surface area contributed by atoms with Gasteiger partial charge >= 0.3 is 0 Å². The third kappa shape index (κ3) is 3.64. The molecule has 0 radical (unpaired) electrons. The van der Waals surface area contributed by atoms with Crippen LogP contribution in [0.4, 0.5) is 15.9 Å². The third-order valence-electron chi connectivity index (χ3n) is 4.64. The number of rotatable bonds is 4. The van der Waals surface area contributed by atoms with Gasteiger partial charge in [-0.3, -0.25) is 0 Å². The van der Waals surface area contributed by atoms with Crippen LogP contribution in [0.1, 0.15) is 18.9 Å². The minimum Gasteiger partial charge on any atom is -0.336 e. The SMILES string of the molecule is CS(=O)(=O)c1ccc(Nc2ncnc3c2nnn3C2CCN(Cl)CC2)c(F)c1. The summed E-state index contributed by atoms with van der Waals surface area (Å²) in [6.07, 6.45) is 4.01. The monoisotopic (exact) mass is 425 g/mol. The van der Waals surface area contributed by atoms with E-state index >= 15 is 0 Å². The van der Waals surface area contributed by atoms with Crippen LogP contribution in [-0.2, 0) is 9.84 Å². The fraction of sp³-hybridized carbons (Fsp3) is 0.375. The minimum atomic E-state index is -3.49. The van der Waals surface area contributed by atoms with Crippen molar-refractivity contribution in [3.8, 4) is 0 Å². The van der Waals surface area contributed by atoms with Crippen molar-refractivity contribution < 1.29 is 12.8 Å². The van der Waals surface area contributed by atoms with Gasteiger partial charge in [-0.2, -0.15) is 0 Å². The average Bonchev–Trinajstić information content (AvgIpc) is 3.08. The molecule has 1 N–H and O–H groups in total. The summed E-state index contributed by atoms with van der Waals surface area (Å²) < 4.78 is 41.0. The van der Waals surface area contributed by atoms with Crippen LogP contribution < -0.4 is 5.32 Å². The molecule has 0 atom stereocenters. The number of nitrogens with zero attached hydrogens (tertiary/aromatic N) is 6. The maximum absolute atomic E-state index is 14.4. The van der Waals surface area contributed by atoms with Gasteiger partial charge in [-0.05, 0) is 42.8 Å². The van der Waals surface area contributed by atoms with Crippen LogP contribution in [0.2, 0.25) is 0 Å². The van der Waals surface area contributed by atoms with Gasteiger partial charge in [0.1, 0.15) is 12.1 Å². The van der Waals surface area contributed by atoms with Gasteiger partial charge in [0.25, 0.3) is 0 Å². The molecule has 1 saturated heterocycles. The van der Waals surface area contributed by atoms with Gasteiger partial charge in [-0.15, -0.1) is 5.10 Å². The lowest BCUT2D eigenvalue weighted by Gasteiger charge is -2.26. The van der Waals surface area contributed by atoms with Crippen LogP contribution in [0.5, 0.6) is 0 Å². The lowest BCUT2D eigenvalue weighted by atomic mass is 10.1. The Labute approximate surface area is 165 Å². The van der Waals surface area contributed by atoms with E-state index in [2.05, 4.69) is 25.6 Å². The zero-order chi connectivity index (χ0) is 19.9. The van der Waals surface area contributed by atoms with Gasteiger partial charge < -0.3 is 5.32 Å². The second kappa shape index (κ2) is 7.22. The molecule has 148 valence electrons. The normalized spacial score (nSPS) is 16.5. The van der Waals surface area contributed by atoms with E-state index < -0.39 is 15.7 Å². The molecule has 4 rings (SSSR count). The summed E-state index contributed by atoms with van der Waals surface area (Å²) in [4.78, 5) is 8.31. The van der Waals surface area contributed by atoms with Crippen molar-refractivity contribution in [1.82, 2.24) is 29.4 Å². The molecule has 1 fully saturated rings. The molecule has 0 unspecified atom stereocenters. The van der Waals surface area contributed by atoms with Crippen LogP contribution in [0.25, 0.3) is 11.2 Å². The lowest BCUT2D eigenvalue weighted by molar-refractivity contribution is 0.270. The van der Waals surface area contributed by atoms with E-state index in [0.717, 1.165) is 38.3 Å². The molecule has 0 saturated carbocycles. The smallest absolute Gasteiger partial charge is 0.184 e. The Bertz CT molecular complexity index is 1130. The standard InChI is InChI=1S/C16H17ClFN7O2S/c1-28(26,27)11-2-3-13(12(18)8-11)21-15-14-16(20-9-19-15)25(23-22-14)10-4-6-24(17)7-5-10/h2-3,8-10H,4-7H2,1H3,(H,19,20,21). The third-order valence-corrected chi connectivity index (χ3v) is 6.09. The molecule has 28 heavy (non-hydrogen) atoms. The highest BCUT2D eigenvalue weighted by Crippen LogP contribution is 2.28. The molecule has 0 amide bonds. The number of anilines is 2. The molecular weight excluding hydrogens is 409 g/mol. The van der Waals surface area contributed by atoms with E-state index in [1.165, 1.54) is 18.5 Å². The van der Waals surface area contributed by atoms with E-state index in [-0.39, 0.29) is 22.4 Å². The molecule has 2 aromatic heterocycles. The molecule has 3 aromatic rings. The molecule has 9 nitrogen and oxygen atoms in total. The number of hydrogen-bond acceptors (Lipinski definition) is 8. The highest BCUT2D eigenvalue weighted by atomic mass is 35.5. The second-order valence-corrected chi connectivity index (χ2v) is 9.10. The fourth-order valence-corrected chi connectivity index (χ4v) is 3.96. The van der Waals surface area contributed by atoms with Crippen LogP contribution in [-0.4, -0.2) is 57.1 Å². The van der Waals surface area contributed by atoms with Crippen molar-refractivity contribution in [3.63, 3.8) is 0 Å². The van der Waals surface area contributed by atoms with Crippen molar-refractivity contribution in [2.45, 2.75) is 23.8 Å². The van der Waals surface area contributed by atoms with Crippen molar-refractivity contribution in [2.24, 2.45) is 0 Å². The van der Waals surface area contributed by atoms with E-state index in [1.807, 2.05) is 0 Å². The number of piperidine rings is 1. The number of halogens is 2. The van der Waals surface area contributed by atoms with Gasteiger partial charge in [0.15, 0.2) is 26.8 Å². The molecule has 1 aliphatic heterocycles. The summed E-state index contributed by atoms with van der Waals surface area (Å²) in [5, 5.41) is 11.2. The summed E-state index contributed by atoms with van der Waals surface area (Å²) in [6.45, 7) is 1.48. The predicted molar refractivity (Wildman–Crippen MR) is 102 cm³/mol. The first-order valence-corrected chi connectivity index (χ1v) is 10.8. The molecule has 1 aliphatic rings. The van der Waals surface area contributed by atoms with Crippen molar-refractivity contribution in [1.29, 1.82) is 0 Å². The van der Waals surface area contributed by atoms with Gasteiger partial charge in [-0.1, -0.05) is 5.21 Å². The first kappa shape index (κ1) is 19.0. The number of benzene rings is 1. The summed E-state index contributed by atoms with van der Waals surface area (Å²) in [6, 6.07) is 3.76. The largest absolute Gasteiger partial charge is 0.336 e. The van der Waals surface area contributed by atoms with Gasteiger partial charge in [0.2, 0.25) is 0 Å². The summed E-state index contributed by atoms with van der Waals surface area (Å²) >= 11 is 6.01. The van der Waals surface area contributed by atoms with Crippen LogP contribution in [0.15, 0.2) is 29.4 Å². The Balaban J connectivity index is 1.65. The van der Waals surface area contributed by atoms with Gasteiger partial charge in [-0.25, -0.2) is 31.9 Å². The van der Waals surface area contributed by atoms with Gasteiger partial charge in [0.05, 0.1) is 16.6 Å². The van der Waals surface area contributed by atoms with Gasteiger partial charge in [0, 0.05) is 19.3 Å². The zero-order valence-corrected chi connectivity index (χ0v) is 16.5. The Kier molecular flexibility index (Phi) is 4.89. The molecule has 0 aliphatic carbocycles. The van der Waals surface area contributed by atoms with Crippen LogP contribution in [0, 0.1) is 5.82 Å². The molecule has 3 heterocycles. The van der Waals surface area contributed by atoms with Crippen molar-refractivity contribution in [2.75, 3.05) is 24.7 Å². The molecule has 1 aromatic carbocycles. The van der Waals surface area contributed by atoms with E-state index in [0.29, 0.717) is 11.2 Å². The number of hydrogen-bond donors (Lipinski definition) is 1. The summed E-state index contributed by atoms with van der Waals surface area (Å²) in [5.41, 5.74) is 1.03. The maximum atomic E-state index is 14.4. The first-order valence-electron chi connectivity index (χ1n) is 8.56. The number of aromatic nitrogens is 5. The Morgan fingerprint density at radius 1 is 1.25 bits per heavy atom. The average molecular weight is 426 g/mol. The number of nitrogens with one attached hydrogen (secondary N) is 1. The molecule has 0 bridgehead atoms. The maximum Gasteiger partial charge on any atom is 0.184 e. The summed E-state index contributed by atoms with van der Waals surface area (Å²) in [5.74, 6) is -0.423. The topological polar surface area (TPSA) is 106 Å². The van der Waals surface area contributed by atoms with Crippen molar-refractivity contribution >= 4 is 44.3 Å². The Hall–Kier alpha value is -2.37. The Morgan fingerprint density at radius 2 is 2.00 bits per heavy atom. The summed E-state index contributed by atoms with van der Waals surface area (Å²) in [7, 11) is -3.49. The second-order valence-electron chi connectivity index (χ2n) is 6.61. The van der Waals surface area contributed by atoms with E-state index in [4.69, 9.17) is 11.8 Å². The predicted octanol–water partition coefficient (Wildman–Crippen LogP) is 2.30. The zero-order valence-electron chi connectivity index (χ0n) is 14.9. The minimum absolute atomic E-state index is 0.0809. The molecule has 12 heteroatoms. The lowest BCUT2D eigenvalue weighted by Crippen LogP contribution is -2.28.